The Bertz CT molecular complexity index is 227. The molecule has 0 saturated carbocycles. The van der Waals surface area contributed by atoms with Gasteiger partial charge in [0.25, 0.3) is 0 Å². The molecule has 0 bridgehead atoms. The number of methoxy groups -OCH3 is 1. The highest BCUT2D eigenvalue weighted by molar-refractivity contribution is 5.66. The van der Waals surface area contributed by atoms with E-state index in [1.54, 1.807) is 7.11 Å². The van der Waals surface area contributed by atoms with Crippen LogP contribution in [0.3, 0.4) is 0 Å². The van der Waals surface area contributed by atoms with Gasteiger partial charge in [-0.25, -0.2) is 0 Å². The number of rotatable bonds is 15. The Balaban J connectivity index is 3.15. The molecule has 120 valence electrons. The average molecular weight is 293 g/mol. The Kier molecular flexibility index (Phi) is 14.1. The van der Waals surface area contributed by atoms with Crippen molar-refractivity contribution < 1.29 is 28.8 Å². The minimum Gasteiger partial charge on any atom is -0.481 e. The molecule has 1 N–H and O–H groups in total. The molecule has 0 fully saturated rings. The fourth-order valence-corrected chi connectivity index (χ4v) is 1.28. The minimum absolute atomic E-state index is 0.0335. The smallest absolute Gasteiger partial charge is 0.305 e. The quantitative estimate of drug-likeness (QED) is 0.429. The lowest BCUT2D eigenvalue weighted by atomic mass is 10.5. The molecule has 0 aromatic heterocycles. The van der Waals surface area contributed by atoms with Crippen LogP contribution < -0.4 is 0 Å². The van der Waals surface area contributed by atoms with E-state index in [0.29, 0.717) is 39.6 Å². The van der Waals surface area contributed by atoms with Crippen molar-refractivity contribution in [1.29, 1.82) is 0 Å². The van der Waals surface area contributed by atoms with Gasteiger partial charge in [0.1, 0.15) is 0 Å². The zero-order valence-electron chi connectivity index (χ0n) is 12.5. The molecule has 0 aliphatic rings. The zero-order chi connectivity index (χ0) is 15.1. The molecule has 0 saturated heterocycles. The molecule has 0 amide bonds. The topological polar surface area (TPSA) is 77.5 Å². The summed E-state index contributed by atoms with van der Waals surface area (Å²) < 4.78 is 20.7. The molecule has 0 aliphatic heterocycles. The minimum atomic E-state index is -0.847. The summed E-state index contributed by atoms with van der Waals surface area (Å²) in [5.41, 5.74) is 0. The largest absolute Gasteiger partial charge is 0.481 e. The summed E-state index contributed by atoms with van der Waals surface area (Å²) in [4.78, 5) is 12.3. The molecule has 0 unspecified atom stereocenters. The number of hydrogen-bond acceptors (Lipinski definition) is 6. The highest BCUT2D eigenvalue weighted by atomic mass is 16.5. The van der Waals surface area contributed by atoms with E-state index in [-0.39, 0.29) is 13.0 Å². The molecular weight excluding hydrogens is 266 g/mol. The Morgan fingerprint density at radius 3 is 1.90 bits per heavy atom. The molecule has 0 rings (SSSR count). The van der Waals surface area contributed by atoms with Gasteiger partial charge >= 0.3 is 5.97 Å². The normalized spacial score (nSPS) is 11.2. The van der Waals surface area contributed by atoms with Gasteiger partial charge in [0, 0.05) is 20.2 Å². The Morgan fingerprint density at radius 2 is 1.40 bits per heavy atom. The summed E-state index contributed by atoms with van der Waals surface area (Å²) in [6.07, 6.45) is 0.0335. The number of aliphatic carboxylic acids is 1. The summed E-state index contributed by atoms with van der Waals surface area (Å²) in [7, 11) is 3.66. The zero-order valence-corrected chi connectivity index (χ0v) is 12.5. The number of likely N-dealkylation sites (N-methyl/N-ethyl adjacent to an activating group) is 1. The predicted molar refractivity (Wildman–Crippen MR) is 74.1 cm³/mol. The van der Waals surface area contributed by atoms with Gasteiger partial charge < -0.3 is 29.0 Å². The van der Waals surface area contributed by atoms with E-state index in [4.69, 9.17) is 24.1 Å². The predicted octanol–water partition coefficient (Wildman–Crippen LogP) is 0.0891. The van der Waals surface area contributed by atoms with Crippen molar-refractivity contribution in [2.24, 2.45) is 0 Å². The first kappa shape index (κ1) is 19.3. The van der Waals surface area contributed by atoms with Crippen LogP contribution in [0.2, 0.25) is 0 Å². The summed E-state index contributed by atoms with van der Waals surface area (Å²) in [6.45, 7) is 5.36. The van der Waals surface area contributed by atoms with Crippen LogP contribution in [0.25, 0.3) is 0 Å². The molecule has 0 heterocycles. The van der Waals surface area contributed by atoms with E-state index in [1.807, 2.05) is 7.05 Å². The second-order valence-electron chi connectivity index (χ2n) is 4.28. The van der Waals surface area contributed by atoms with Crippen molar-refractivity contribution in [3.63, 3.8) is 0 Å². The molecule has 7 heteroatoms. The van der Waals surface area contributed by atoms with Crippen molar-refractivity contribution in [2.45, 2.75) is 6.42 Å². The number of nitrogens with zero attached hydrogens (tertiary/aromatic N) is 1. The van der Waals surface area contributed by atoms with Crippen LogP contribution in [0, 0.1) is 0 Å². The molecule has 20 heavy (non-hydrogen) atoms. The third kappa shape index (κ3) is 15.3. The highest BCUT2D eigenvalue weighted by Gasteiger charge is 1.99. The first-order chi connectivity index (χ1) is 9.66. The standard InChI is InChI=1S/C13H27NO6/c1-14(4-7-19-10-9-17-2)5-8-20-12-11-18-6-3-13(15)16/h3-12H2,1-2H3,(H,15,16). The van der Waals surface area contributed by atoms with Crippen LogP contribution in [-0.2, 0) is 23.7 Å². The fraction of sp³-hybridized carbons (Fsp3) is 0.923. The summed E-state index contributed by atoms with van der Waals surface area (Å²) >= 11 is 0. The maximum atomic E-state index is 10.2. The van der Waals surface area contributed by atoms with E-state index in [1.165, 1.54) is 0 Å². The van der Waals surface area contributed by atoms with Crippen molar-refractivity contribution >= 4 is 5.97 Å². The lowest BCUT2D eigenvalue weighted by Crippen LogP contribution is -2.27. The average Bonchev–Trinajstić information content (AvgIpc) is 2.41. The molecule has 0 spiro atoms. The van der Waals surface area contributed by atoms with Crippen molar-refractivity contribution in [3.05, 3.63) is 0 Å². The molecule has 0 aromatic carbocycles. The van der Waals surface area contributed by atoms with Gasteiger partial charge in [0.2, 0.25) is 0 Å². The number of hydrogen-bond donors (Lipinski definition) is 1. The van der Waals surface area contributed by atoms with E-state index >= 15 is 0 Å². The van der Waals surface area contributed by atoms with E-state index in [0.717, 1.165) is 13.1 Å². The maximum absolute atomic E-state index is 10.2. The van der Waals surface area contributed by atoms with Gasteiger partial charge in [-0.15, -0.1) is 0 Å². The van der Waals surface area contributed by atoms with Crippen LogP contribution in [0.4, 0.5) is 0 Å². The second kappa shape index (κ2) is 14.7. The molecule has 0 aliphatic carbocycles. The molecule has 0 aromatic rings. The van der Waals surface area contributed by atoms with E-state index in [9.17, 15) is 4.79 Å². The molecule has 0 atom stereocenters. The van der Waals surface area contributed by atoms with Crippen LogP contribution in [0.15, 0.2) is 0 Å². The summed E-state index contributed by atoms with van der Waals surface area (Å²) in [5, 5.41) is 8.40. The molecule has 0 radical (unpaired) electrons. The van der Waals surface area contributed by atoms with E-state index < -0.39 is 5.97 Å². The SMILES string of the molecule is COCCOCCN(C)CCOCCOCCC(=O)O. The van der Waals surface area contributed by atoms with Gasteiger partial charge in [-0.1, -0.05) is 0 Å². The number of carboxylic acids is 1. The van der Waals surface area contributed by atoms with E-state index in [2.05, 4.69) is 4.90 Å². The van der Waals surface area contributed by atoms with Crippen LogP contribution >= 0.6 is 0 Å². The fourth-order valence-electron chi connectivity index (χ4n) is 1.28. The molecular formula is C13H27NO6. The first-order valence-corrected chi connectivity index (χ1v) is 6.79. The van der Waals surface area contributed by atoms with Crippen molar-refractivity contribution in [1.82, 2.24) is 4.90 Å². The van der Waals surface area contributed by atoms with Gasteiger partial charge in [-0.3, -0.25) is 4.79 Å². The van der Waals surface area contributed by atoms with Crippen LogP contribution in [-0.4, -0.2) is 89.5 Å². The Hall–Kier alpha value is -0.730. The Morgan fingerprint density at radius 1 is 0.900 bits per heavy atom. The Labute approximate surface area is 120 Å². The van der Waals surface area contributed by atoms with Gasteiger partial charge in [0.05, 0.1) is 52.7 Å². The summed E-state index contributed by atoms with van der Waals surface area (Å²) in [5.74, 6) is -0.847. The highest BCUT2D eigenvalue weighted by Crippen LogP contribution is 1.87. The van der Waals surface area contributed by atoms with Gasteiger partial charge in [0.15, 0.2) is 0 Å². The number of carboxylic acid groups (broad SMARTS) is 1. The second-order valence-corrected chi connectivity index (χ2v) is 4.28. The lowest BCUT2D eigenvalue weighted by molar-refractivity contribution is -0.138. The number of ether oxygens (including phenoxy) is 4. The van der Waals surface area contributed by atoms with Gasteiger partial charge in [-0.05, 0) is 7.05 Å². The first-order valence-electron chi connectivity index (χ1n) is 6.79. The molecule has 7 nitrogen and oxygen atoms in total. The van der Waals surface area contributed by atoms with Crippen molar-refractivity contribution in [3.8, 4) is 0 Å². The lowest BCUT2D eigenvalue weighted by Gasteiger charge is -2.16. The summed E-state index contributed by atoms with van der Waals surface area (Å²) in [6, 6.07) is 0. The van der Waals surface area contributed by atoms with Crippen LogP contribution in [0.5, 0.6) is 0 Å². The van der Waals surface area contributed by atoms with Crippen LogP contribution in [0.1, 0.15) is 6.42 Å². The third-order valence-corrected chi connectivity index (χ3v) is 2.50. The maximum Gasteiger partial charge on any atom is 0.305 e. The monoisotopic (exact) mass is 293 g/mol. The van der Waals surface area contributed by atoms with Gasteiger partial charge in [-0.2, -0.15) is 0 Å². The third-order valence-electron chi connectivity index (χ3n) is 2.50. The van der Waals surface area contributed by atoms with Crippen molar-refractivity contribution in [2.75, 3.05) is 73.5 Å². The number of carbonyl (C=O) groups is 1.